The van der Waals surface area contributed by atoms with Gasteiger partial charge in [0.15, 0.2) is 17.8 Å². The molecule has 34 heavy (non-hydrogen) atoms. The van der Waals surface area contributed by atoms with Crippen molar-refractivity contribution >= 4 is 39.9 Å². The number of halogens is 3. The summed E-state index contributed by atoms with van der Waals surface area (Å²) >= 11 is 6.52. The second kappa shape index (κ2) is 7.52. The number of rotatable bonds is 5. The summed E-state index contributed by atoms with van der Waals surface area (Å²) in [5.74, 6) is -1.45. The number of aromatic amines is 1. The number of hydrogen-bond donors (Lipinski definition) is 2. The number of imidazole rings is 1. The van der Waals surface area contributed by atoms with E-state index in [1.807, 2.05) is 0 Å². The zero-order chi connectivity index (χ0) is 23.6. The minimum Gasteiger partial charge on any atom is -0.309 e. The minimum absolute atomic E-state index is 0.140. The van der Waals surface area contributed by atoms with E-state index in [0.717, 1.165) is 0 Å². The van der Waals surface area contributed by atoms with Gasteiger partial charge in [-0.2, -0.15) is 9.90 Å². The van der Waals surface area contributed by atoms with Crippen LogP contribution in [0.5, 0.6) is 0 Å². The van der Waals surface area contributed by atoms with Gasteiger partial charge < -0.3 is 9.72 Å². The predicted molar refractivity (Wildman–Crippen MR) is 116 cm³/mol. The van der Waals surface area contributed by atoms with Crippen molar-refractivity contribution in [3.05, 3.63) is 47.5 Å². The van der Waals surface area contributed by atoms with Crippen LogP contribution in [-0.2, 0) is 4.79 Å². The molecule has 3 atom stereocenters. The minimum atomic E-state index is -1.11. The summed E-state index contributed by atoms with van der Waals surface area (Å²) in [5.41, 5.74) is 1.80. The summed E-state index contributed by atoms with van der Waals surface area (Å²) < 4.78 is 30.3. The second-order valence-electron chi connectivity index (χ2n) is 8.02. The fraction of sp³-hybridized carbons (Fsp3) is 0.250. The van der Waals surface area contributed by atoms with Gasteiger partial charge in [-0.1, -0.05) is 11.6 Å². The van der Waals surface area contributed by atoms with E-state index < -0.39 is 29.9 Å². The van der Waals surface area contributed by atoms with Crippen molar-refractivity contribution in [2.24, 2.45) is 5.92 Å². The molecule has 5 aromatic rings. The average Bonchev–Trinajstić information content (AvgIpc) is 3.26. The molecule has 0 radical (unpaired) electrons. The van der Waals surface area contributed by atoms with Gasteiger partial charge >= 0.3 is 0 Å². The molecular weight excluding hydrogens is 470 g/mol. The molecule has 1 aliphatic carbocycles. The van der Waals surface area contributed by atoms with Crippen LogP contribution < -0.4 is 5.32 Å². The highest BCUT2D eigenvalue weighted by Gasteiger charge is 2.43. The van der Waals surface area contributed by atoms with Crippen LogP contribution in [0.2, 0.25) is 5.02 Å². The summed E-state index contributed by atoms with van der Waals surface area (Å²) in [4.78, 5) is 22.0. The number of aromatic nitrogens is 9. The molecule has 1 unspecified atom stereocenters. The van der Waals surface area contributed by atoms with Gasteiger partial charge in [0.25, 0.3) is 0 Å². The third-order valence-electron chi connectivity index (χ3n) is 5.85. The molecule has 0 bridgehead atoms. The molecule has 0 spiro atoms. The van der Waals surface area contributed by atoms with Gasteiger partial charge in [0.05, 0.1) is 40.7 Å². The maximum absolute atomic E-state index is 15.6. The van der Waals surface area contributed by atoms with Crippen molar-refractivity contribution in [3.8, 4) is 11.3 Å². The highest BCUT2D eigenvalue weighted by molar-refractivity contribution is 6.35. The number of benzene rings is 1. The number of fused-ring (bicyclic) bond motifs is 2. The van der Waals surface area contributed by atoms with E-state index >= 15 is 4.39 Å². The van der Waals surface area contributed by atoms with Crippen molar-refractivity contribution in [3.63, 3.8) is 0 Å². The molecule has 1 aliphatic rings. The molecule has 0 saturated heterocycles. The molecule has 172 valence electrons. The lowest BCUT2D eigenvalue weighted by Gasteiger charge is -2.16. The first-order valence-electron chi connectivity index (χ1n) is 10.3. The molecule has 0 aliphatic heterocycles. The Morgan fingerprint density at radius 1 is 1.35 bits per heavy atom. The first-order chi connectivity index (χ1) is 16.4. The Hall–Kier alpha value is -4.00. The number of H-pyrrole nitrogens is 1. The van der Waals surface area contributed by atoms with E-state index in [0.29, 0.717) is 27.8 Å². The van der Waals surface area contributed by atoms with E-state index in [2.05, 4.69) is 40.9 Å². The Morgan fingerprint density at radius 2 is 2.18 bits per heavy atom. The van der Waals surface area contributed by atoms with E-state index in [1.165, 1.54) is 23.5 Å². The molecule has 1 saturated carbocycles. The Morgan fingerprint density at radius 3 is 2.91 bits per heavy atom. The number of nitrogens with zero attached hydrogens (tertiary/aromatic N) is 8. The Bertz CT molecular complexity index is 1560. The number of carbonyl (C=O) groups excluding carboxylic acids is 1. The van der Waals surface area contributed by atoms with E-state index in [9.17, 15) is 9.18 Å². The molecule has 2 N–H and O–H groups in total. The normalized spacial score (nSPS) is 18.5. The van der Waals surface area contributed by atoms with Crippen molar-refractivity contribution in [2.45, 2.75) is 25.6 Å². The SMILES string of the molecule is CC(c1c(F)c(Cl)c(-c2cn3cc(NC(=O)[C@@H]4C[C@@H]4F)nc3cn2)c2cn[nH]c12)n1ncnn1. The van der Waals surface area contributed by atoms with Crippen molar-refractivity contribution in [1.29, 1.82) is 0 Å². The number of anilines is 1. The van der Waals surface area contributed by atoms with Gasteiger partial charge in [-0.25, -0.2) is 13.8 Å². The lowest BCUT2D eigenvalue weighted by atomic mass is 9.99. The van der Waals surface area contributed by atoms with Gasteiger partial charge in [-0.3, -0.25) is 14.9 Å². The second-order valence-corrected chi connectivity index (χ2v) is 8.40. The smallest absolute Gasteiger partial charge is 0.231 e. The van der Waals surface area contributed by atoms with Crippen LogP contribution in [-0.4, -0.2) is 56.9 Å². The standard InChI is InChI=1S/C20H15ClF2N10O/c1-8(33-27-7-26-31-33)15-18(23)17(21)16(10-3-25-30-19(10)15)12-5-32-6-13(28-14(32)4-24-12)29-20(34)9-2-11(9)22/h3-9,11H,2H2,1H3,(H,25,30)(H,29,34)/t8?,9-,11+/m1/s1. The van der Waals surface area contributed by atoms with Crippen LogP contribution in [0.1, 0.15) is 24.9 Å². The van der Waals surface area contributed by atoms with Crippen LogP contribution in [0.25, 0.3) is 27.8 Å². The number of nitrogens with one attached hydrogen (secondary N) is 2. The summed E-state index contributed by atoms with van der Waals surface area (Å²) in [6.07, 6.45) is 6.56. The monoisotopic (exact) mass is 484 g/mol. The molecule has 4 aromatic heterocycles. The summed E-state index contributed by atoms with van der Waals surface area (Å²) in [6.45, 7) is 1.72. The maximum atomic E-state index is 15.6. The summed E-state index contributed by atoms with van der Waals surface area (Å²) in [7, 11) is 0. The van der Waals surface area contributed by atoms with Crippen LogP contribution in [0, 0.1) is 11.7 Å². The predicted octanol–water partition coefficient (Wildman–Crippen LogP) is 2.96. The van der Waals surface area contributed by atoms with Crippen LogP contribution in [0.15, 0.2) is 31.1 Å². The molecule has 4 heterocycles. The number of alkyl halides is 1. The van der Waals surface area contributed by atoms with E-state index in [4.69, 9.17) is 11.6 Å². The maximum Gasteiger partial charge on any atom is 0.231 e. The highest BCUT2D eigenvalue weighted by atomic mass is 35.5. The molecule has 1 aromatic carbocycles. The molecular formula is C20H15ClF2N10O. The van der Waals surface area contributed by atoms with Crippen LogP contribution >= 0.6 is 11.6 Å². The zero-order valence-corrected chi connectivity index (χ0v) is 18.2. The number of tetrazole rings is 1. The fourth-order valence-electron chi connectivity index (χ4n) is 3.99. The molecule has 1 fully saturated rings. The van der Waals surface area contributed by atoms with Crippen LogP contribution in [0.4, 0.5) is 14.6 Å². The van der Waals surface area contributed by atoms with Crippen molar-refractivity contribution < 1.29 is 13.6 Å². The largest absolute Gasteiger partial charge is 0.309 e. The van der Waals surface area contributed by atoms with E-state index in [1.54, 1.807) is 23.7 Å². The van der Waals surface area contributed by atoms with Gasteiger partial charge in [0.1, 0.15) is 18.0 Å². The lowest BCUT2D eigenvalue weighted by molar-refractivity contribution is -0.117. The molecule has 6 rings (SSSR count). The first kappa shape index (κ1) is 20.6. The highest BCUT2D eigenvalue weighted by Crippen LogP contribution is 2.41. The number of carbonyl (C=O) groups is 1. The van der Waals surface area contributed by atoms with Crippen molar-refractivity contribution in [1.82, 2.24) is 44.8 Å². The van der Waals surface area contributed by atoms with E-state index in [-0.39, 0.29) is 22.8 Å². The number of hydrogen-bond acceptors (Lipinski definition) is 7. The third-order valence-corrected chi connectivity index (χ3v) is 6.21. The first-order valence-corrected chi connectivity index (χ1v) is 10.7. The molecule has 11 nitrogen and oxygen atoms in total. The van der Waals surface area contributed by atoms with Gasteiger partial charge in [-0.15, -0.1) is 10.2 Å². The summed E-state index contributed by atoms with van der Waals surface area (Å²) in [6, 6.07) is -0.609. The van der Waals surface area contributed by atoms with Crippen LogP contribution in [0.3, 0.4) is 0 Å². The topological polar surface area (TPSA) is 132 Å². The third kappa shape index (κ3) is 3.19. The molecule has 14 heteroatoms. The Balaban J connectivity index is 1.43. The van der Waals surface area contributed by atoms with Gasteiger partial charge in [0.2, 0.25) is 5.91 Å². The number of amides is 1. The molecule has 1 amide bonds. The quantitative estimate of drug-likeness (QED) is 0.392. The van der Waals surface area contributed by atoms with Crippen molar-refractivity contribution in [2.75, 3.05) is 5.32 Å². The Labute approximate surface area is 194 Å². The van der Waals surface area contributed by atoms with Gasteiger partial charge in [-0.05, 0) is 18.6 Å². The fourth-order valence-corrected chi connectivity index (χ4v) is 4.29. The zero-order valence-electron chi connectivity index (χ0n) is 17.4. The average molecular weight is 485 g/mol. The summed E-state index contributed by atoms with van der Waals surface area (Å²) in [5, 5.41) is 21.4. The van der Waals surface area contributed by atoms with Gasteiger partial charge in [0, 0.05) is 22.7 Å². The lowest BCUT2D eigenvalue weighted by Crippen LogP contribution is -2.15. The Kier molecular flexibility index (Phi) is 4.55.